The van der Waals surface area contributed by atoms with E-state index in [9.17, 15) is 4.39 Å². The molecule has 23 heavy (non-hydrogen) atoms. The van der Waals surface area contributed by atoms with Crippen molar-refractivity contribution in [2.24, 2.45) is 0 Å². The van der Waals surface area contributed by atoms with E-state index >= 15 is 0 Å². The summed E-state index contributed by atoms with van der Waals surface area (Å²) in [5.41, 5.74) is 1.14. The summed E-state index contributed by atoms with van der Waals surface area (Å²) in [6, 6.07) is 18.7. The lowest BCUT2D eigenvalue weighted by Gasteiger charge is -2.34. The molecule has 1 saturated heterocycles. The molecule has 1 atom stereocenters. The van der Waals surface area contributed by atoms with Crippen molar-refractivity contribution in [3.05, 3.63) is 60.2 Å². The number of benzene rings is 3. The van der Waals surface area contributed by atoms with Gasteiger partial charge >= 0.3 is 0 Å². The summed E-state index contributed by atoms with van der Waals surface area (Å²) in [6.45, 7) is 3.30. The van der Waals surface area contributed by atoms with E-state index in [0.29, 0.717) is 0 Å². The van der Waals surface area contributed by atoms with E-state index in [-0.39, 0.29) is 12.7 Å². The van der Waals surface area contributed by atoms with Crippen LogP contribution in [0.3, 0.4) is 0 Å². The van der Waals surface area contributed by atoms with Gasteiger partial charge in [-0.2, -0.15) is 0 Å². The summed E-state index contributed by atoms with van der Waals surface area (Å²) < 4.78 is 14.1. The second kappa shape index (κ2) is 6.26. The average Bonchev–Trinajstić information content (AvgIpc) is 2.62. The molecule has 1 heterocycles. The third-order valence-corrected chi connectivity index (χ3v) is 4.88. The lowest BCUT2D eigenvalue weighted by atomic mass is 9.91. The monoisotopic (exact) mass is 308 g/mol. The molecule has 3 heteroatoms. The normalized spacial score (nSPS) is 17.6. The molecule has 0 aliphatic carbocycles. The van der Waals surface area contributed by atoms with Crippen LogP contribution in [0, 0.1) is 0 Å². The van der Waals surface area contributed by atoms with Crippen LogP contribution in [0.5, 0.6) is 0 Å². The van der Waals surface area contributed by atoms with Crippen LogP contribution in [0.15, 0.2) is 54.6 Å². The van der Waals surface area contributed by atoms with Crippen LogP contribution in [-0.4, -0.2) is 37.8 Å². The lowest BCUT2D eigenvalue weighted by molar-refractivity contribution is 0.149. The van der Waals surface area contributed by atoms with Crippen molar-refractivity contribution in [2.75, 3.05) is 32.9 Å². The third-order valence-electron chi connectivity index (χ3n) is 4.88. The Hall–Kier alpha value is -1.97. The molecule has 2 nitrogen and oxygen atoms in total. The Kier molecular flexibility index (Phi) is 3.98. The van der Waals surface area contributed by atoms with E-state index in [2.05, 4.69) is 52.7 Å². The number of rotatable bonds is 3. The summed E-state index contributed by atoms with van der Waals surface area (Å²) in [5, 5.41) is 8.08. The van der Waals surface area contributed by atoms with Gasteiger partial charge in [-0.1, -0.05) is 48.5 Å². The van der Waals surface area contributed by atoms with Crippen molar-refractivity contribution in [3.8, 4) is 0 Å². The van der Waals surface area contributed by atoms with Crippen molar-refractivity contribution in [1.29, 1.82) is 0 Å². The molecule has 0 amide bonds. The van der Waals surface area contributed by atoms with Crippen LogP contribution >= 0.6 is 0 Å². The first-order chi connectivity index (χ1) is 11.4. The van der Waals surface area contributed by atoms with Crippen molar-refractivity contribution in [2.45, 2.75) is 6.04 Å². The van der Waals surface area contributed by atoms with E-state index in [4.69, 9.17) is 0 Å². The minimum atomic E-state index is -0.349. The van der Waals surface area contributed by atoms with Gasteiger partial charge in [0.1, 0.15) is 6.67 Å². The largest absolute Gasteiger partial charge is 0.314 e. The molecule has 4 rings (SSSR count). The van der Waals surface area contributed by atoms with Crippen molar-refractivity contribution in [3.63, 3.8) is 0 Å². The predicted octanol–water partition coefficient (Wildman–Crippen LogP) is 3.91. The quantitative estimate of drug-likeness (QED) is 0.738. The van der Waals surface area contributed by atoms with E-state index in [1.165, 1.54) is 21.5 Å². The number of piperazine rings is 1. The molecule has 0 unspecified atom stereocenters. The molecule has 1 fully saturated rings. The topological polar surface area (TPSA) is 15.3 Å². The minimum absolute atomic E-state index is 0.173. The van der Waals surface area contributed by atoms with Crippen LogP contribution in [0.2, 0.25) is 0 Å². The first kappa shape index (κ1) is 14.6. The van der Waals surface area contributed by atoms with Crippen LogP contribution < -0.4 is 5.32 Å². The number of hydrogen-bond acceptors (Lipinski definition) is 2. The molecular formula is C20H21FN2. The molecule has 0 bridgehead atoms. The molecule has 118 valence electrons. The molecule has 3 aromatic rings. The summed E-state index contributed by atoms with van der Waals surface area (Å²) in [6.07, 6.45) is 0. The molecule has 0 radical (unpaired) electrons. The van der Waals surface area contributed by atoms with Gasteiger partial charge in [-0.05, 0) is 33.2 Å². The van der Waals surface area contributed by atoms with E-state index < -0.39 is 0 Å². The molecule has 1 aliphatic heterocycles. The molecule has 0 spiro atoms. The first-order valence-corrected chi connectivity index (χ1v) is 8.29. The molecule has 1 aliphatic rings. The smallest absolute Gasteiger partial charge is 0.109 e. The lowest BCUT2D eigenvalue weighted by Crippen LogP contribution is -2.45. The fourth-order valence-electron chi connectivity index (χ4n) is 3.76. The second-order valence-corrected chi connectivity index (χ2v) is 6.19. The van der Waals surface area contributed by atoms with Crippen LogP contribution in [-0.2, 0) is 0 Å². The van der Waals surface area contributed by atoms with Crippen LogP contribution in [0.1, 0.15) is 11.6 Å². The highest BCUT2D eigenvalue weighted by Crippen LogP contribution is 2.35. The first-order valence-electron chi connectivity index (χ1n) is 8.29. The van der Waals surface area contributed by atoms with Gasteiger partial charge in [0.25, 0.3) is 0 Å². The van der Waals surface area contributed by atoms with Crippen molar-refractivity contribution < 1.29 is 4.39 Å². The summed E-state index contributed by atoms with van der Waals surface area (Å²) in [5.74, 6) is 0. The van der Waals surface area contributed by atoms with Crippen LogP contribution in [0.4, 0.5) is 4.39 Å². The van der Waals surface area contributed by atoms with Gasteiger partial charge in [-0.25, -0.2) is 4.39 Å². The maximum atomic E-state index is 14.1. The highest BCUT2D eigenvalue weighted by atomic mass is 19.1. The average molecular weight is 308 g/mol. The molecular weight excluding hydrogens is 287 g/mol. The highest BCUT2D eigenvalue weighted by Gasteiger charge is 2.25. The standard InChI is InChI=1S/C20H21FN2/c21-14-19(23-11-9-22-10-12-23)20-17-7-3-1-5-15(17)13-16-6-2-4-8-18(16)20/h1-8,13,19,22H,9-12,14H2/t19-/m0/s1. The Labute approximate surface area is 135 Å². The SMILES string of the molecule is FC[C@@H](c1c2ccccc2cc2ccccc12)N1CCNCC1. The zero-order valence-corrected chi connectivity index (χ0v) is 13.1. The fraction of sp³-hybridized carbons (Fsp3) is 0.300. The third kappa shape index (κ3) is 2.60. The number of hydrogen-bond donors (Lipinski definition) is 1. The minimum Gasteiger partial charge on any atom is -0.314 e. The Morgan fingerprint density at radius 3 is 2.04 bits per heavy atom. The van der Waals surface area contributed by atoms with E-state index in [1.807, 2.05) is 12.1 Å². The van der Waals surface area contributed by atoms with Gasteiger partial charge in [0, 0.05) is 26.2 Å². The van der Waals surface area contributed by atoms with E-state index in [1.54, 1.807) is 0 Å². The van der Waals surface area contributed by atoms with Gasteiger partial charge in [0.05, 0.1) is 6.04 Å². The van der Waals surface area contributed by atoms with Gasteiger partial charge in [-0.3, -0.25) is 4.90 Å². The zero-order chi connectivity index (χ0) is 15.6. The van der Waals surface area contributed by atoms with Crippen LogP contribution in [0.25, 0.3) is 21.5 Å². The van der Waals surface area contributed by atoms with Gasteiger partial charge < -0.3 is 5.32 Å². The number of fused-ring (bicyclic) bond motifs is 2. The zero-order valence-electron chi connectivity index (χ0n) is 13.1. The van der Waals surface area contributed by atoms with Gasteiger partial charge in [0.15, 0.2) is 0 Å². The Balaban J connectivity index is 1.97. The summed E-state index contributed by atoms with van der Waals surface area (Å²) in [7, 11) is 0. The number of nitrogens with one attached hydrogen (secondary N) is 1. The molecule has 0 saturated carbocycles. The van der Waals surface area contributed by atoms with Crippen molar-refractivity contribution >= 4 is 21.5 Å². The van der Waals surface area contributed by atoms with Gasteiger partial charge in [0.2, 0.25) is 0 Å². The number of alkyl halides is 1. The number of nitrogens with zero attached hydrogens (tertiary/aromatic N) is 1. The maximum absolute atomic E-state index is 14.1. The second-order valence-electron chi connectivity index (χ2n) is 6.19. The van der Waals surface area contributed by atoms with Crippen molar-refractivity contribution in [1.82, 2.24) is 10.2 Å². The highest BCUT2D eigenvalue weighted by molar-refractivity contribution is 6.02. The Morgan fingerprint density at radius 1 is 0.913 bits per heavy atom. The molecule has 1 N–H and O–H groups in total. The molecule has 0 aromatic heterocycles. The fourth-order valence-corrected chi connectivity index (χ4v) is 3.76. The van der Waals surface area contributed by atoms with Gasteiger partial charge in [-0.15, -0.1) is 0 Å². The molecule has 3 aromatic carbocycles. The Bertz CT molecular complexity index is 770. The summed E-state index contributed by atoms with van der Waals surface area (Å²) in [4.78, 5) is 2.28. The summed E-state index contributed by atoms with van der Waals surface area (Å²) >= 11 is 0. The maximum Gasteiger partial charge on any atom is 0.109 e. The Morgan fingerprint density at radius 2 is 1.48 bits per heavy atom. The number of halogens is 1. The van der Waals surface area contributed by atoms with E-state index in [0.717, 1.165) is 31.7 Å². The predicted molar refractivity (Wildman–Crippen MR) is 94.6 cm³/mol.